The lowest BCUT2D eigenvalue weighted by molar-refractivity contribution is 0.0296. The summed E-state index contributed by atoms with van der Waals surface area (Å²) < 4.78 is 8.63. The summed E-state index contributed by atoms with van der Waals surface area (Å²) in [6, 6.07) is 4.20. The van der Waals surface area contributed by atoms with Crippen LogP contribution in [0.15, 0.2) is 12.1 Å². The minimum Gasteiger partial charge on any atom is -0.378 e. The molecule has 3 heterocycles. The van der Waals surface area contributed by atoms with Gasteiger partial charge in [-0.15, -0.1) is 11.3 Å². The molecule has 1 aliphatic heterocycles. The maximum absolute atomic E-state index is 12.6. The molecule has 0 aliphatic carbocycles. The van der Waals surface area contributed by atoms with E-state index in [4.69, 9.17) is 4.74 Å². The molecule has 1 fully saturated rings. The van der Waals surface area contributed by atoms with E-state index in [2.05, 4.69) is 24.5 Å². The molecule has 5 heteroatoms. The molecule has 1 amide bonds. The number of carbonyl (C=O) groups excluding carboxylic acids is 1. The predicted molar refractivity (Wildman–Crippen MR) is 76.9 cm³/mol. The highest BCUT2D eigenvalue weighted by atomic mass is 32.1. The van der Waals surface area contributed by atoms with Crippen molar-refractivity contribution in [1.82, 2.24) is 9.47 Å². The molecule has 102 valence electrons. The second kappa shape index (κ2) is 4.98. The maximum Gasteiger partial charge on any atom is 0.270 e. The van der Waals surface area contributed by atoms with Gasteiger partial charge in [0.05, 0.1) is 23.4 Å². The average Bonchev–Trinajstić information content (AvgIpc) is 2.94. The first-order valence-corrected chi connectivity index (χ1v) is 7.49. The van der Waals surface area contributed by atoms with Crippen LogP contribution < -0.4 is 0 Å². The van der Waals surface area contributed by atoms with Gasteiger partial charge < -0.3 is 14.2 Å². The number of hydrogen-bond acceptors (Lipinski definition) is 3. The van der Waals surface area contributed by atoms with Crippen molar-refractivity contribution in [2.75, 3.05) is 26.3 Å². The average molecular weight is 278 g/mol. The van der Waals surface area contributed by atoms with Gasteiger partial charge in [-0.3, -0.25) is 4.79 Å². The Morgan fingerprint density at radius 3 is 2.79 bits per heavy atom. The third-order valence-corrected chi connectivity index (χ3v) is 4.53. The molecule has 0 atom stereocenters. The summed E-state index contributed by atoms with van der Waals surface area (Å²) in [5.41, 5.74) is 1.99. The summed E-state index contributed by atoms with van der Waals surface area (Å²) in [5, 5.41) is 0. The number of aromatic nitrogens is 1. The minimum absolute atomic E-state index is 0.131. The van der Waals surface area contributed by atoms with Crippen molar-refractivity contribution in [3.8, 4) is 0 Å². The molecule has 0 N–H and O–H groups in total. The topological polar surface area (TPSA) is 34.5 Å². The molecule has 0 aromatic carbocycles. The Bertz CT molecular complexity index is 608. The molecule has 0 unspecified atom stereocenters. The van der Waals surface area contributed by atoms with Gasteiger partial charge in [0.25, 0.3) is 5.91 Å². The monoisotopic (exact) mass is 278 g/mol. The summed E-state index contributed by atoms with van der Waals surface area (Å²) in [6.45, 7) is 7.70. The molecule has 2 aromatic rings. The molecular formula is C14H18N2O2S. The van der Waals surface area contributed by atoms with Gasteiger partial charge in [0.1, 0.15) is 5.69 Å². The van der Waals surface area contributed by atoms with Crippen LogP contribution in [0.4, 0.5) is 0 Å². The van der Waals surface area contributed by atoms with E-state index in [1.165, 1.54) is 15.1 Å². The highest BCUT2D eigenvalue weighted by Crippen LogP contribution is 2.29. The molecule has 4 nitrogen and oxygen atoms in total. The van der Waals surface area contributed by atoms with Gasteiger partial charge in [0.15, 0.2) is 0 Å². The van der Waals surface area contributed by atoms with Crippen molar-refractivity contribution >= 4 is 27.5 Å². The first kappa shape index (κ1) is 12.7. The van der Waals surface area contributed by atoms with E-state index in [0.717, 1.165) is 12.2 Å². The number of rotatable bonds is 2. The number of thiophene rings is 1. The maximum atomic E-state index is 12.6. The minimum atomic E-state index is 0.131. The Labute approximate surface area is 116 Å². The Morgan fingerprint density at radius 1 is 1.37 bits per heavy atom. The molecule has 2 aromatic heterocycles. The van der Waals surface area contributed by atoms with Crippen LogP contribution in [0.1, 0.15) is 22.3 Å². The Balaban J connectivity index is 1.99. The van der Waals surface area contributed by atoms with E-state index < -0.39 is 0 Å². The number of ether oxygens (including phenoxy) is 1. The summed E-state index contributed by atoms with van der Waals surface area (Å²) in [6.07, 6.45) is 0. The first-order valence-electron chi connectivity index (χ1n) is 6.67. The second-order valence-electron chi connectivity index (χ2n) is 4.78. The fraction of sp³-hybridized carbons (Fsp3) is 0.500. The van der Waals surface area contributed by atoms with Gasteiger partial charge in [0.2, 0.25) is 0 Å². The molecule has 0 bridgehead atoms. The van der Waals surface area contributed by atoms with E-state index in [1.54, 1.807) is 11.3 Å². The van der Waals surface area contributed by atoms with Crippen LogP contribution in [0.2, 0.25) is 0 Å². The number of fused-ring (bicyclic) bond motifs is 1. The fourth-order valence-electron chi connectivity index (χ4n) is 2.61. The SMILES string of the molecule is CCn1c(C(=O)N2CCOCC2)cc2sc(C)cc21. The quantitative estimate of drug-likeness (QED) is 0.846. The fourth-order valence-corrected chi connectivity index (χ4v) is 3.57. The van der Waals surface area contributed by atoms with Crippen LogP contribution in [-0.2, 0) is 11.3 Å². The van der Waals surface area contributed by atoms with Crippen molar-refractivity contribution in [2.45, 2.75) is 20.4 Å². The Hall–Kier alpha value is -1.33. The molecule has 1 aliphatic rings. The van der Waals surface area contributed by atoms with Crippen molar-refractivity contribution in [3.63, 3.8) is 0 Å². The number of carbonyl (C=O) groups is 1. The van der Waals surface area contributed by atoms with Gasteiger partial charge in [-0.2, -0.15) is 0 Å². The zero-order valence-electron chi connectivity index (χ0n) is 11.3. The third kappa shape index (κ3) is 2.17. The van der Waals surface area contributed by atoms with Crippen LogP contribution in [0.5, 0.6) is 0 Å². The van der Waals surface area contributed by atoms with Crippen molar-refractivity contribution < 1.29 is 9.53 Å². The summed E-state index contributed by atoms with van der Waals surface area (Å²) in [7, 11) is 0. The number of hydrogen-bond donors (Lipinski definition) is 0. The van der Waals surface area contributed by atoms with E-state index in [-0.39, 0.29) is 5.91 Å². The molecule has 19 heavy (non-hydrogen) atoms. The summed E-state index contributed by atoms with van der Waals surface area (Å²) in [5.74, 6) is 0.131. The molecule has 3 rings (SSSR count). The van der Waals surface area contributed by atoms with Gasteiger partial charge in [0, 0.05) is 24.5 Å². The van der Waals surface area contributed by atoms with Crippen LogP contribution in [0.25, 0.3) is 10.2 Å². The number of morpholine rings is 1. The zero-order chi connectivity index (χ0) is 13.4. The Kier molecular flexibility index (Phi) is 3.33. The number of amides is 1. The highest BCUT2D eigenvalue weighted by Gasteiger charge is 2.23. The van der Waals surface area contributed by atoms with Gasteiger partial charge in [-0.05, 0) is 26.0 Å². The van der Waals surface area contributed by atoms with Crippen molar-refractivity contribution in [2.24, 2.45) is 0 Å². The van der Waals surface area contributed by atoms with E-state index in [1.807, 2.05) is 11.0 Å². The van der Waals surface area contributed by atoms with Gasteiger partial charge in [-0.1, -0.05) is 0 Å². The summed E-state index contributed by atoms with van der Waals surface area (Å²) >= 11 is 1.75. The van der Waals surface area contributed by atoms with E-state index >= 15 is 0 Å². The molecular weight excluding hydrogens is 260 g/mol. The normalized spacial score (nSPS) is 16.2. The van der Waals surface area contributed by atoms with Gasteiger partial charge >= 0.3 is 0 Å². The second-order valence-corrected chi connectivity index (χ2v) is 6.07. The van der Waals surface area contributed by atoms with Gasteiger partial charge in [-0.25, -0.2) is 0 Å². The van der Waals surface area contributed by atoms with Crippen molar-refractivity contribution in [1.29, 1.82) is 0 Å². The predicted octanol–water partition coefficient (Wildman–Crippen LogP) is 2.50. The lowest BCUT2D eigenvalue weighted by Crippen LogP contribution is -2.41. The third-order valence-electron chi connectivity index (χ3n) is 3.55. The lowest BCUT2D eigenvalue weighted by Gasteiger charge is -2.27. The van der Waals surface area contributed by atoms with Crippen LogP contribution in [0.3, 0.4) is 0 Å². The summed E-state index contributed by atoms with van der Waals surface area (Å²) in [4.78, 5) is 15.8. The number of aryl methyl sites for hydroxylation is 2. The highest BCUT2D eigenvalue weighted by molar-refractivity contribution is 7.19. The Morgan fingerprint density at radius 2 is 2.11 bits per heavy atom. The van der Waals surface area contributed by atoms with Crippen LogP contribution in [0, 0.1) is 6.92 Å². The molecule has 0 radical (unpaired) electrons. The van der Waals surface area contributed by atoms with Crippen LogP contribution >= 0.6 is 11.3 Å². The smallest absolute Gasteiger partial charge is 0.270 e. The van der Waals surface area contributed by atoms with E-state index in [0.29, 0.717) is 26.3 Å². The van der Waals surface area contributed by atoms with Crippen molar-refractivity contribution in [3.05, 3.63) is 22.7 Å². The lowest BCUT2D eigenvalue weighted by atomic mass is 10.3. The molecule has 0 saturated carbocycles. The first-order chi connectivity index (χ1) is 9.20. The molecule has 1 saturated heterocycles. The largest absolute Gasteiger partial charge is 0.378 e. The molecule has 0 spiro atoms. The van der Waals surface area contributed by atoms with Crippen LogP contribution in [-0.4, -0.2) is 41.7 Å². The van der Waals surface area contributed by atoms with E-state index in [9.17, 15) is 4.79 Å². The number of nitrogens with zero attached hydrogens (tertiary/aromatic N) is 2. The standard InChI is InChI=1S/C14H18N2O2S/c1-3-16-11-8-10(2)19-13(11)9-12(16)14(17)15-4-6-18-7-5-15/h8-9H,3-7H2,1-2H3. The zero-order valence-corrected chi connectivity index (χ0v) is 12.1.